The topological polar surface area (TPSA) is 76.9 Å². The number of benzene rings is 2. The second-order valence-electron chi connectivity index (χ2n) is 8.97. The quantitative estimate of drug-likeness (QED) is 0.453. The highest BCUT2D eigenvalue weighted by molar-refractivity contribution is 7.13. The van der Waals surface area contributed by atoms with Crippen molar-refractivity contribution in [1.29, 1.82) is 0 Å². The van der Waals surface area contributed by atoms with Gasteiger partial charge in [-0.15, -0.1) is 17.9 Å². The largest absolute Gasteiger partial charge is 0.508 e. The zero-order chi connectivity index (χ0) is 24.2. The number of hydrogen-bond acceptors (Lipinski definition) is 6. The van der Waals surface area contributed by atoms with E-state index >= 15 is 0 Å². The van der Waals surface area contributed by atoms with Crippen LogP contribution in [-0.4, -0.2) is 62.7 Å². The molecule has 2 aromatic carbocycles. The molecule has 0 saturated carbocycles. The van der Waals surface area contributed by atoms with E-state index in [1.54, 1.807) is 11.4 Å². The third-order valence-electron chi connectivity index (χ3n) is 6.40. The van der Waals surface area contributed by atoms with Gasteiger partial charge in [0.1, 0.15) is 10.8 Å². The van der Waals surface area contributed by atoms with Gasteiger partial charge in [0, 0.05) is 42.7 Å². The number of aromatic nitrogens is 1. The zero-order valence-corrected chi connectivity index (χ0v) is 20.4. The normalized spacial score (nSPS) is 20.2. The van der Waals surface area contributed by atoms with Crippen molar-refractivity contribution in [1.82, 2.24) is 14.8 Å². The minimum absolute atomic E-state index is 0.00310. The van der Waals surface area contributed by atoms with E-state index in [4.69, 9.17) is 5.11 Å². The van der Waals surface area contributed by atoms with Crippen LogP contribution in [0.2, 0.25) is 0 Å². The highest BCUT2D eigenvalue weighted by Gasteiger charge is 2.34. The fraction of sp³-hybridized carbons (Fsp3) is 0.333. The monoisotopic (exact) mass is 477 g/mol. The molecule has 1 aromatic heterocycles. The van der Waals surface area contributed by atoms with Gasteiger partial charge in [-0.1, -0.05) is 42.5 Å². The zero-order valence-electron chi connectivity index (χ0n) is 19.6. The first-order chi connectivity index (χ1) is 16.4. The molecule has 0 aliphatic carbocycles. The van der Waals surface area contributed by atoms with Crippen molar-refractivity contribution in [2.75, 3.05) is 19.6 Å². The molecule has 0 radical (unpaired) electrons. The van der Waals surface area contributed by atoms with Crippen LogP contribution in [0.4, 0.5) is 0 Å². The van der Waals surface area contributed by atoms with E-state index in [-0.39, 0.29) is 18.2 Å². The molecular weight excluding hydrogens is 446 g/mol. The van der Waals surface area contributed by atoms with Crippen molar-refractivity contribution < 1.29 is 15.0 Å². The summed E-state index contributed by atoms with van der Waals surface area (Å²) >= 11 is 1.46. The molecule has 4 rings (SSSR count). The van der Waals surface area contributed by atoms with E-state index in [0.29, 0.717) is 17.8 Å². The number of nitrogens with zero attached hydrogens (tertiary/aromatic N) is 3. The van der Waals surface area contributed by atoms with Gasteiger partial charge in [0.15, 0.2) is 0 Å². The van der Waals surface area contributed by atoms with Crippen LogP contribution < -0.4 is 0 Å². The van der Waals surface area contributed by atoms with Crippen LogP contribution in [-0.2, 0) is 11.2 Å². The third-order valence-corrected chi connectivity index (χ3v) is 7.34. The predicted molar refractivity (Wildman–Crippen MR) is 136 cm³/mol. The maximum atomic E-state index is 11.0. The molecule has 178 valence electrons. The van der Waals surface area contributed by atoms with Gasteiger partial charge in [0.05, 0.1) is 18.2 Å². The molecule has 2 N–H and O–H groups in total. The molecule has 1 aliphatic rings. The lowest BCUT2D eigenvalue weighted by Gasteiger charge is -2.47. The molecule has 1 aliphatic heterocycles. The molecule has 3 atom stereocenters. The Morgan fingerprint density at radius 3 is 2.62 bits per heavy atom. The van der Waals surface area contributed by atoms with E-state index in [9.17, 15) is 9.90 Å². The lowest BCUT2D eigenvalue weighted by Crippen LogP contribution is -2.57. The Hall–Kier alpha value is -3.00. The average Bonchev–Trinajstić information content (AvgIpc) is 3.25. The number of phenols is 1. The highest BCUT2D eigenvalue weighted by atomic mass is 32.1. The van der Waals surface area contributed by atoms with Crippen molar-refractivity contribution in [3.05, 3.63) is 83.4 Å². The minimum atomic E-state index is -0.877. The van der Waals surface area contributed by atoms with Crippen LogP contribution in [0.5, 0.6) is 5.75 Å². The number of carboxylic acid groups (broad SMARTS) is 1. The summed E-state index contributed by atoms with van der Waals surface area (Å²) in [4.78, 5) is 20.4. The van der Waals surface area contributed by atoms with Gasteiger partial charge in [0.25, 0.3) is 0 Å². The lowest BCUT2D eigenvalue weighted by atomic mass is 9.93. The van der Waals surface area contributed by atoms with Gasteiger partial charge in [-0.25, -0.2) is 4.98 Å². The van der Waals surface area contributed by atoms with Gasteiger partial charge in [-0.2, -0.15) is 0 Å². The summed E-state index contributed by atoms with van der Waals surface area (Å²) in [7, 11) is 0. The van der Waals surface area contributed by atoms with Crippen molar-refractivity contribution in [3.63, 3.8) is 0 Å². The minimum Gasteiger partial charge on any atom is -0.508 e. The summed E-state index contributed by atoms with van der Waals surface area (Å²) in [5, 5.41) is 21.8. The predicted octanol–water partition coefficient (Wildman–Crippen LogP) is 4.81. The van der Waals surface area contributed by atoms with E-state index < -0.39 is 5.97 Å². The van der Waals surface area contributed by atoms with Crippen LogP contribution in [0.1, 0.15) is 36.7 Å². The van der Waals surface area contributed by atoms with Crippen molar-refractivity contribution in [2.24, 2.45) is 0 Å². The molecule has 0 amide bonds. The van der Waals surface area contributed by atoms with Crippen molar-refractivity contribution >= 4 is 17.3 Å². The molecule has 3 unspecified atom stereocenters. The Morgan fingerprint density at radius 1 is 1.18 bits per heavy atom. The first kappa shape index (κ1) is 24.1. The summed E-state index contributed by atoms with van der Waals surface area (Å²) in [6.45, 7) is 11.1. The molecule has 1 saturated heterocycles. The molecule has 2 heterocycles. The lowest BCUT2D eigenvalue weighted by molar-refractivity contribution is -0.136. The number of phenolic OH excluding ortho intramolecular Hbond substituents is 1. The van der Waals surface area contributed by atoms with Crippen molar-refractivity contribution in [2.45, 2.75) is 38.4 Å². The first-order valence-corrected chi connectivity index (χ1v) is 12.4. The van der Waals surface area contributed by atoms with Gasteiger partial charge in [-0.3, -0.25) is 14.6 Å². The number of carboxylic acids is 1. The number of carbonyl (C=O) groups is 1. The molecule has 0 bridgehead atoms. The summed E-state index contributed by atoms with van der Waals surface area (Å²) in [6, 6.07) is 16.6. The SMILES string of the molecule is C=CCN1CC(C)N(C(c2ccc(-c3nc(CC(=O)O)cs3)cc2)c2cccc(O)c2)CC1C. The number of aromatic hydroxyl groups is 1. The van der Waals surface area contributed by atoms with Crippen LogP contribution in [0.15, 0.2) is 66.6 Å². The number of hydrogen-bond donors (Lipinski definition) is 2. The van der Waals surface area contributed by atoms with Gasteiger partial charge in [-0.05, 0) is 37.1 Å². The summed E-state index contributed by atoms with van der Waals surface area (Å²) in [5.74, 6) is -0.614. The fourth-order valence-electron chi connectivity index (χ4n) is 4.76. The number of thiazole rings is 1. The Balaban J connectivity index is 1.65. The van der Waals surface area contributed by atoms with Gasteiger partial charge in [0.2, 0.25) is 0 Å². The molecule has 3 aromatic rings. The molecule has 6 nitrogen and oxygen atoms in total. The molecule has 1 fully saturated rings. The smallest absolute Gasteiger partial charge is 0.309 e. The molecule has 34 heavy (non-hydrogen) atoms. The van der Waals surface area contributed by atoms with Crippen LogP contribution >= 0.6 is 11.3 Å². The summed E-state index contributed by atoms with van der Waals surface area (Å²) < 4.78 is 0. The number of aliphatic carboxylic acids is 1. The van der Waals surface area contributed by atoms with E-state index in [1.807, 2.05) is 18.2 Å². The van der Waals surface area contributed by atoms with Crippen LogP contribution in [0.25, 0.3) is 10.6 Å². The van der Waals surface area contributed by atoms with E-state index in [1.165, 1.54) is 11.3 Å². The molecule has 7 heteroatoms. The Morgan fingerprint density at radius 2 is 1.94 bits per heavy atom. The Bertz CT molecular complexity index is 1140. The maximum absolute atomic E-state index is 11.0. The average molecular weight is 478 g/mol. The van der Waals surface area contributed by atoms with E-state index in [0.717, 1.165) is 41.3 Å². The van der Waals surface area contributed by atoms with E-state index in [2.05, 4.69) is 65.5 Å². The van der Waals surface area contributed by atoms with Crippen LogP contribution in [0, 0.1) is 0 Å². The third kappa shape index (κ3) is 5.38. The molecule has 0 spiro atoms. The standard InChI is InChI=1S/C27H31N3O3S/c1-4-12-29-15-19(3)30(16-18(29)2)26(22-6-5-7-24(31)13-22)20-8-10-21(11-9-20)27-28-23(17-34-27)14-25(32)33/h4-11,13,17-19,26,31H,1,12,14-16H2,2-3H3,(H,32,33). The summed E-state index contributed by atoms with van der Waals surface area (Å²) in [6.07, 6.45) is 1.90. The Labute approximate surface area is 204 Å². The second kappa shape index (κ2) is 10.5. The van der Waals surface area contributed by atoms with Crippen LogP contribution in [0.3, 0.4) is 0 Å². The number of piperazine rings is 1. The highest BCUT2D eigenvalue weighted by Crippen LogP contribution is 2.35. The number of rotatable bonds is 8. The maximum Gasteiger partial charge on any atom is 0.309 e. The van der Waals surface area contributed by atoms with Gasteiger partial charge >= 0.3 is 5.97 Å². The second-order valence-corrected chi connectivity index (χ2v) is 9.83. The van der Waals surface area contributed by atoms with Gasteiger partial charge < -0.3 is 10.2 Å². The molecular formula is C27H31N3O3S. The summed E-state index contributed by atoms with van der Waals surface area (Å²) in [5.41, 5.74) is 3.75. The first-order valence-electron chi connectivity index (χ1n) is 11.5. The fourth-order valence-corrected chi connectivity index (χ4v) is 5.58. The Kier molecular flexibility index (Phi) is 7.46. The van der Waals surface area contributed by atoms with Crippen molar-refractivity contribution in [3.8, 4) is 16.3 Å².